The number of alkyl halides is 1. The summed E-state index contributed by atoms with van der Waals surface area (Å²) in [7, 11) is 3.90. The van der Waals surface area contributed by atoms with Crippen LogP contribution in [0.5, 0.6) is 0 Å². The number of carbonyl (C=O) groups is 1. The molecule has 0 saturated carbocycles. The van der Waals surface area contributed by atoms with Crippen molar-refractivity contribution in [3.63, 3.8) is 0 Å². The first kappa shape index (κ1) is 14.8. The largest absolute Gasteiger partial charge is 0.378 e. The van der Waals surface area contributed by atoms with Crippen LogP contribution in [0.1, 0.15) is 24.2 Å². The minimum atomic E-state index is -0.0787. The highest BCUT2D eigenvalue weighted by Gasteiger charge is 2.12. The molecule has 4 heteroatoms. The SMILES string of the molecule is CC(C)C(Cl)CNC(=O)c1cccc(N(C)C)c1. The second kappa shape index (κ2) is 6.64. The van der Waals surface area contributed by atoms with Crippen molar-refractivity contribution in [3.05, 3.63) is 29.8 Å². The molecule has 1 aromatic carbocycles. The first-order valence-corrected chi connectivity index (χ1v) is 6.55. The molecule has 0 fully saturated rings. The average molecular weight is 269 g/mol. The molecule has 0 spiro atoms. The van der Waals surface area contributed by atoms with Crippen LogP contribution < -0.4 is 10.2 Å². The van der Waals surface area contributed by atoms with E-state index in [1.165, 1.54) is 0 Å². The number of nitrogens with zero attached hydrogens (tertiary/aromatic N) is 1. The molecule has 0 aromatic heterocycles. The van der Waals surface area contributed by atoms with E-state index in [1.54, 1.807) is 6.07 Å². The van der Waals surface area contributed by atoms with Crippen LogP contribution in [-0.4, -0.2) is 31.9 Å². The van der Waals surface area contributed by atoms with Crippen LogP contribution >= 0.6 is 11.6 Å². The normalized spacial score (nSPS) is 12.3. The topological polar surface area (TPSA) is 32.3 Å². The Balaban J connectivity index is 2.64. The van der Waals surface area contributed by atoms with E-state index in [9.17, 15) is 4.79 Å². The van der Waals surface area contributed by atoms with Crippen molar-refractivity contribution in [2.24, 2.45) is 5.92 Å². The van der Waals surface area contributed by atoms with Gasteiger partial charge in [-0.05, 0) is 24.1 Å². The lowest BCUT2D eigenvalue weighted by Crippen LogP contribution is -2.32. The lowest BCUT2D eigenvalue weighted by atomic mass is 10.1. The minimum absolute atomic E-state index is 0.0361. The zero-order valence-electron chi connectivity index (χ0n) is 11.4. The number of benzene rings is 1. The van der Waals surface area contributed by atoms with Gasteiger partial charge in [-0.25, -0.2) is 0 Å². The number of carbonyl (C=O) groups excluding carboxylic acids is 1. The molecule has 0 aliphatic rings. The Hall–Kier alpha value is -1.22. The van der Waals surface area contributed by atoms with Crippen molar-refractivity contribution >= 4 is 23.2 Å². The second-order valence-electron chi connectivity index (χ2n) is 4.91. The highest BCUT2D eigenvalue weighted by Crippen LogP contribution is 2.13. The molecule has 1 N–H and O–H groups in total. The molecule has 0 saturated heterocycles. The first-order chi connectivity index (χ1) is 8.41. The summed E-state index contributed by atoms with van der Waals surface area (Å²) in [5.74, 6) is 0.269. The van der Waals surface area contributed by atoms with Crippen molar-refractivity contribution in [2.45, 2.75) is 19.2 Å². The molecule has 0 heterocycles. The van der Waals surface area contributed by atoms with E-state index in [1.807, 2.05) is 51.0 Å². The fraction of sp³-hybridized carbons (Fsp3) is 0.500. The quantitative estimate of drug-likeness (QED) is 0.833. The monoisotopic (exact) mass is 268 g/mol. The maximum atomic E-state index is 12.0. The Morgan fingerprint density at radius 3 is 2.61 bits per heavy atom. The van der Waals surface area contributed by atoms with Gasteiger partial charge in [-0.3, -0.25) is 4.79 Å². The summed E-state index contributed by atoms with van der Waals surface area (Å²) in [6.07, 6.45) is 0. The lowest BCUT2D eigenvalue weighted by molar-refractivity contribution is 0.0952. The van der Waals surface area contributed by atoms with Crippen molar-refractivity contribution in [2.75, 3.05) is 25.5 Å². The summed E-state index contributed by atoms with van der Waals surface area (Å²) < 4.78 is 0. The van der Waals surface area contributed by atoms with Crippen molar-refractivity contribution in [1.29, 1.82) is 0 Å². The maximum Gasteiger partial charge on any atom is 0.251 e. The number of hydrogen-bond donors (Lipinski definition) is 1. The van der Waals surface area contributed by atoms with Crippen LogP contribution in [0.4, 0.5) is 5.69 Å². The molecular formula is C14H21ClN2O. The molecule has 0 bridgehead atoms. The summed E-state index contributed by atoms with van der Waals surface area (Å²) in [6.45, 7) is 4.57. The molecule has 0 aliphatic heterocycles. The zero-order chi connectivity index (χ0) is 13.7. The smallest absolute Gasteiger partial charge is 0.251 e. The van der Waals surface area contributed by atoms with Crippen LogP contribution in [0.25, 0.3) is 0 Å². The molecular weight excluding hydrogens is 248 g/mol. The predicted octanol–water partition coefficient (Wildman–Crippen LogP) is 2.75. The number of rotatable bonds is 5. The number of anilines is 1. The third-order valence-corrected chi connectivity index (χ3v) is 3.46. The van der Waals surface area contributed by atoms with Crippen LogP contribution in [0.2, 0.25) is 0 Å². The van der Waals surface area contributed by atoms with Gasteiger partial charge in [0.2, 0.25) is 0 Å². The number of hydrogen-bond acceptors (Lipinski definition) is 2. The van der Waals surface area contributed by atoms with E-state index >= 15 is 0 Å². The second-order valence-corrected chi connectivity index (χ2v) is 5.48. The fourth-order valence-corrected chi connectivity index (χ4v) is 1.53. The van der Waals surface area contributed by atoms with Gasteiger partial charge >= 0.3 is 0 Å². The van der Waals surface area contributed by atoms with Crippen molar-refractivity contribution in [3.8, 4) is 0 Å². The van der Waals surface area contributed by atoms with Gasteiger partial charge in [-0.1, -0.05) is 19.9 Å². The summed E-state index contributed by atoms with van der Waals surface area (Å²) in [4.78, 5) is 13.9. The molecule has 18 heavy (non-hydrogen) atoms. The van der Waals surface area contributed by atoms with Crippen LogP contribution in [0, 0.1) is 5.92 Å². The minimum Gasteiger partial charge on any atom is -0.378 e. The van der Waals surface area contributed by atoms with E-state index in [0.717, 1.165) is 5.69 Å². The standard InChI is InChI=1S/C14H21ClN2O/c1-10(2)13(15)9-16-14(18)11-6-5-7-12(8-11)17(3)4/h5-8,10,13H,9H2,1-4H3,(H,16,18). The van der Waals surface area contributed by atoms with Crippen LogP contribution in [0.15, 0.2) is 24.3 Å². The highest BCUT2D eigenvalue weighted by atomic mass is 35.5. The fourth-order valence-electron chi connectivity index (χ4n) is 1.45. The average Bonchev–Trinajstić information content (AvgIpc) is 2.35. The van der Waals surface area contributed by atoms with Crippen LogP contribution in [0.3, 0.4) is 0 Å². The van der Waals surface area contributed by atoms with E-state index < -0.39 is 0 Å². The Morgan fingerprint density at radius 2 is 2.06 bits per heavy atom. The van der Waals surface area contributed by atoms with Gasteiger partial charge in [0.25, 0.3) is 5.91 Å². The van der Waals surface area contributed by atoms with Gasteiger partial charge in [0.15, 0.2) is 0 Å². The molecule has 0 radical (unpaired) electrons. The molecule has 1 aromatic rings. The predicted molar refractivity (Wildman–Crippen MR) is 77.6 cm³/mol. The highest BCUT2D eigenvalue weighted by molar-refractivity contribution is 6.21. The van der Waals surface area contributed by atoms with E-state index in [4.69, 9.17) is 11.6 Å². The Morgan fingerprint density at radius 1 is 1.39 bits per heavy atom. The number of halogens is 1. The summed E-state index contributed by atoms with van der Waals surface area (Å²) in [6, 6.07) is 7.52. The Labute approximate surface area is 114 Å². The zero-order valence-corrected chi connectivity index (χ0v) is 12.2. The summed E-state index contributed by atoms with van der Waals surface area (Å²) >= 11 is 6.11. The summed E-state index contributed by atoms with van der Waals surface area (Å²) in [5.41, 5.74) is 1.67. The lowest BCUT2D eigenvalue weighted by Gasteiger charge is -2.15. The third-order valence-electron chi connectivity index (χ3n) is 2.81. The van der Waals surface area contributed by atoms with Gasteiger partial charge in [0, 0.05) is 31.9 Å². The van der Waals surface area contributed by atoms with Gasteiger partial charge in [-0.2, -0.15) is 0 Å². The molecule has 0 aliphatic carbocycles. The van der Waals surface area contributed by atoms with Gasteiger partial charge in [-0.15, -0.1) is 11.6 Å². The maximum absolute atomic E-state index is 12.0. The van der Waals surface area contributed by atoms with Gasteiger partial charge < -0.3 is 10.2 Å². The summed E-state index contributed by atoms with van der Waals surface area (Å²) in [5, 5.41) is 2.82. The van der Waals surface area contributed by atoms with Crippen molar-refractivity contribution in [1.82, 2.24) is 5.32 Å². The molecule has 1 unspecified atom stereocenters. The molecule has 1 rings (SSSR count). The van der Waals surface area contributed by atoms with E-state index in [0.29, 0.717) is 18.0 Å². The molecule has 3 nitrogen and oxygen atoms in total. The molecule has 100 valence electrons. The molecule has 1 amide bonds. The molecule has 1 atom stereocenters. The third kappa shape index (κ3) is 4.22. The van der Waals surface area contributed by atoms with E-state index in [-0.39, 0.29) is 11.3 Å². The van der Waals surface area contributed by atoms with Gasteiger partial charge in [0.05, 0.1) is 5.38 Å². The number of nitrogens with one attached hydrogen (secondary N) is 1. The first-order valence-electron chi connectivity index (χ1n) is 6.11. The number of amides is 1. The van der Waals surface area contributed by atoms with Crippen molar-refractivity contribution < 1.29 is 4.79 Å². The Bertz CT molecular complexity index is 405. The van der Waals surface area contributed by atoms with E-state index in [2.05, 4.69) is 5.32 Å². The van der Waals surface area contributed by atoms with Crippen LogP contribution in [-0.2, 0) is 0 Å². The Kier molecular flexibility index (Phi) is 5.48. The van der Waals surface area contributed by atoms with Gasteiger partial charge in [0.1, 0.15) is 0 Å².